The summed E-state index contributed by atoms with van der Waals surface area (Å²) in [6.45, 7) is 4.85. The molecule has 1 amide bonds. The second kappa shape index (κ2) is 7.92. The number of carbonyl (C=O) groups is 1. The molecule has 1 aromatic heterocycles. The van der Waals surface area contributed by atoms with Crippen LogP contribution in [0.15, 0.2) is 51.9 Å². The van der Waals surface area contributed by atoms with Gasteiger partial charge in [0.2, 0.25) is 11.6 Å². The van der Waals surface area contributed by atoms with Gasteiger partial charge in [0, 0.05) is 23.1 Å². The molecular formula is C22H20N4O4S. The molecule has 0 fully saturated rings. The Balaban J connectivity index is 1.58. The Morgan fingerprint density at radius 3 is 2.84 bits per heavy atom. The van der Waals surface area contributed by atoms with Crippen LogP contribution in [0.3, 0.4) is 0 Å². The van der Waals surface area contributed by atoms with E-state index in [9.17, 15) is 4.79 Å². The van der Waals surface area contributed by atoms with Crippen molar-refractivity contribution in [3.05, 3.63) is 52.1 Å². The number of thiazole rings is 1. The minimum absolute atomic E-state index is 0.0311. The Bertz CT molecular complexity index is 1270. The number of hydrogen-bond acceptors (Lipinski definition) is 7. The molecule has 8 nitrogen and oxygen atoms in total. The Morgan fingerprint density at radius 2 is 1.97 bits per heavy atom. The molecule has 0 aliphatic carbocycles. The van der Waals surface area contributed by atoms with Gasteiger partial charge >= 0.3 is 0 Å². The molecule has 0 atom stereocenters. The number of nitrogens with one attached hydrogen (secondary N) is 1. The Labute approximate surface area is 182 Å². The Morgan fingerprint density at radius 1 is 1.13 bits per heavy atom. The number of rotatable bonds is 4. The van der Waals surface area contributed by atoms with Gasteiger partial charge in [-0.3, -0.25) is 9.79 Å². The smallest absolute Gasteiger partial charge is 0.262 e. The lowest BCUT2D eigenvalue weighted by Gasteiger charge is -2.18. The number of aromatic nitrogens is 1. The van der Waals surface area contributed by atoms with Crippen LogP contribution in [-0.4, -0.2) is 36.2 Å². The van der Waals surface area contributed by atoms with Crippen LogP contribution in [0.2, 0.25) is 0 Å². The summed E-state index contributed by atoms with van der Waals surface area (Å²) in [4.78, 5) is 17.1. The topological polar surface area (TPSA) is 86.4 Å². The van der Waals surface area contributed by atoms with Crippen molar-refractivity contribution < 1.29 is 19.0 Å². The highest BCUT2D eigenvalue weighted by Gasteiger charge is 2.18. The Hall–Kier alpha value is -3.59. The number of ether oxygens (including phenoxy) is 3. The number of benzene rings is 2. The van der Waals surface area contributed by atoms with E-state index in [0.717, 1.165) is 33.1 Å². The summed E-state index contributed by atoms with van der Waals surface area (Å²) in [5.74, 6) is 1.94. The SMILES string of the molecule is CCN=c1scc(-c2ccc3c(c2)NC(=O)CO3)n1N=C(C)c1ccc2c(c1)OCO2. The van der Waals surface area contributed by atoms with Crippen LogP contribution in [0.5, 0.6) is 17.2 Å². The lowest BCUT2D eigenvalue weighted by Crippen LogP contribution is -2.25. The van der Waals surface area contributed by atoms with Crippen molar-refractivity contribution in [1.82, 2.24) is 4.68 Å². The zero-order valence-electron chi connectivity index (χ0n) is 17.0. The van der Waals surface area contributed by atoms with Gasteiger partial charge in [0.05, 0.1) is 17.1 Å². The van der Waals surface area contributed by atoms with Crippen molar-refractivity contribution in [2.75, 3.05) is 25.3 Å². The fourth-order valence-corrected chi connectivity index (χ4v) is 4.31. The van der Waals surface area contributed by atoms with Crippen molar-refractivity contribution in [3.8, 4) is 28.5 Å². The summed E-state index contributed by atoms with van der Waals surface area (Å²) in [5, 5.41) is 9.74. The molecule has 9 heteroatoms. The second-order valence-electron chi connectivity index (χ2n) is 6.99. The van der Waals surface area contributed by atoms with E-state index >= 15 is 0 Å². The van der Waals surface area contributed by atoms with Gasteiger partial charge in [-0.2, -0.15) is 5.10 Å². The first kappa shape index (κ1) is 19.4. The molecule has 0 radical (unpaired) electrons. The third-order valence-electron chi connectivity index (χ3n) is 4.93. The van der Waals surface area contributed by atoms with E-state index in [1.165, 1.54) is 11.3 Å². The summed E-state index contributed by atoms with van der Waals surface area (Å²) in [5.41, 5.74) is 4.17. The van der Waals surface area contributed by atoms with Gasteiger partial charge in [0.15, 0.2) is 18.1 Å². The first-order valence-electron chi connectivity index (χ1n) is 9.86. The van der Waals surface area contributed by atoms with Crippen molar-refractivity contribution >= 4 is 28.6 Å². The van der Waals surface area contributed by atoms with Crippen molar-refractivity contribution in [2.45, 2.75) is 13.8 Å². The third kappa shape index (κ3) is 3.68. The molecule has 0 saturated carbocycles. The van der Waals surface area contributed by atoms with Crippen LogP contribution in [0.1, 0.15) is 19.4 Å². The van der Waals surface area contributed by atoms with Crippen molar-refractivity contribution in [3.63, 3.8) is 0 Å². The second-order valence-corrected chi connectivity index (χ2v) is 7.83. The standard InChI is InChI=1S/C22H20N4O4S/c1-3-23-22-26(25-13(2)14-4-7-19-20(9-14)30-12-29-19)17(11-31-22)15-5-6-18-16(8-15)24-21(27)10-28-18/h4-9,11H,3,10,12H2,1-2H3,(H,24,27). The fourth-order valence-electron chi connectivity index (χ4n) is 3.41. The van der Waals surface area contributed by atoms with Gasteiger partial charge in [-0.1, -0.05) is 0 Å². The van der Waals surface area contributed by atoms with Crippen molar-refractivity contribution in [2.24, 2.45) is 10.1 Å². The first-order valence-corrected chi connectivity index (χ1v) is 10.7. The van der Waals surface area contributed by atoms with Crippen LogP contribution < -0.4 is 24.3 Å². The fraction of sp³-hybridized carbons (Fsp3) is 0.227. The minimum Gasteiger partial charge on any atom is -0.482 e. The number of nitrogens with zero attached hydrogens (tertiary/aromatic N) is 3. The molecule has 158 valence electrons. The molecule has 0 bridgehead atoms. The molecule has 2 aliphatic heterocycles. The summed E-state index contributed by atoms with van der Waals surface area (Å²) in [6.07, 6.45) is 0. The average Bonchev–Trinajstić information content (AvgIpc) is 3.40. The molecule has 31 heavy (non-hydrogen) atoms. The van der Waals surface area contributed by atoms with Gasteiger partial charge in [-0.05, 0) is 50.2 Å². The molecule has 2 aromatic carbocycles. The van der Waals surface area contributed by atoms with Crippen LogP contribution in [-0.2, 0) is 4.79 Å². The summed E-state index contributed by atoms with van der Waals surface area (Å²) in [7, 11) is 0. The Kier molecular flexibility index (Phi) is 4.95. The van der Waals surface area contributed by atoms with E-state index in [1.54, 1.807) is 0 Å². The van der Waals surface area contributed by atoms with Crippen LogP contribution >= 0.6 is 11.3 Å². The molecular weight excluding hydrogens is 416 g/mol. The summed E-state index contributed by atoms with van der Waals surface area (Å²) < 4.78 is 18.2. The highest BCUT2D eigenvalue weighted by Crippen LogP contribution is 2.34. The van der Waals surface area contributed by atoms with E-state index in [4.69, 9.17) is 19.3 Å². The number of hydrogen-bond donors (Lipinski definition) is 1. The number of amides is 1. The number of carbonyl (C=O) groups excluding carboxylic acids is 1. The summed E-state index contributed by atoms with van der Waals surface area (Å²) >= 11 is 1.52. The van der Waals surface area contributed by atoms with E-state index < -0.39 is 0 Å². The van der Waals surface area contributed by atoms with E-state index in [0.29, 0.717) is 23.7 Å². The van der Waals surface area contributed by atoms with Gasteiger partial charge < -0.3 is 19.5 Å². The maximum atomic E-state index is 11.7. The van der Waals surface area contributed by atoms with Crippen LogP contribution in [0, 0.1) is 0 Å². The zero-order valence-corrected chi connectivity index (χ0v) is 17.9. The normalized spacial score (nSPS) is 15.5. The largest absolute Gasteiger partial charge is 0.482 e. The maximum Gasteiger partial charge on any atom is 0.262 e. The molecule has 1 N–H and O–H groups in total. The monoisotopic (exact) mass is 436 g/mol. The quantitative estimate of drug-likeness (QED) is 0.635. The molecule has 3 aromatic rings. The highest BCUT2D eigenvalue weighted by molar-refractivity contribution is 7.07. The molecule has 0 saturated heterocycles. The van der Waals surface area contributed by atoms with Gasteiger partial charge in [0.25, 0.3) is 5.91 Å². The molecule has 3 heterocycles. The summed E-state index contributed by atoms with van der Waals surface area (Å²) in [6, 6.07) is 11.5. The molecule has 0 spiro atoms. The molecule has 5 rings (SSSR count). The average molecular weight is 436 g/mol. The lowest BCUT2D eigenvalue weighted by atomic mass is 10.1. The molecule has 0 unspecified atom stereocenters. The predicted octanol–water partition coefficient (Wildman–Crippen LogP) is 3.47. The maximum absolute atomic E-state index is 11.7. The minimum atomic E-state index is -0.166. The third-order valence-corrected chi connectivity index (χ3v) is 5.78. The predicted molar refractivity (Wildman–Crippen MR) is 118 cm³/mol. The van der Waals surface area contributed by atoms with E-state index in [1.807, 2.05) is 60.3 Å². The first-order chi connectivity index (χ1) is 15.1. The van der Waals surface area contributed by atoms with Gasteiger partial charge in [0.1, 0.15) is 5.75 Å². The van der Waals surface area contributed by atoms with E-state index in [2.05, 4.69) is 10.3 Å². The van der Waals surface area contributed by atoms with Crippen LogP contribution in [0.4, 0.5) is 5.69 Å². The van der Waals surface area contributed by atoms with E-state index in [-0.39, 0.29) is 19.3 Å². The van der Waals surface area contributed by atoms with Gasteiger partial charge in [-0.15, -0.1) is 11.3 Å². The highest BCUT2D eigenvalue weighted by atomic mass is 32.1. The van der Waals surface area contributed by atoms with Gasteiger partial charge in [-0.25, -0.2) is 4.68 Å². The van der Waals surface area contributed by atoms with Crippen LogP contribution in [0.25, 0.3) is 11.3 Å². The zero-order chi connectivity index (χ0) is 21.4. The number of fused-ring (bicyclic) bond motifs is 2. The number of anilines is 1. The van der Waals surface area contributed by atoms with Crippen molar-refractivity contribution in [1.29, 1.82) is 0 Å². The lowest BCUT2D eigenvalue weighted by molar-refractivity contribution is -0.118. The molecule has 2 aliphatic rings.